The third kappa shape index (κ3) is 3.69. The summed E-state index contributed by atoms with van der Waals surface area (Å²) in [4.78, 5) is 25.8. The molecule has 34 heavy (non-hydrogen) atoms. The minimum atomic E-state index is -0.772. The largest absolute Gasteiger partial charge is 0.612 e. The molecule has 1 aromatic heterocycles. The highest BCUT2D eigenvalue weighted by molar-refractivity contribution is 6.18. The smallest absolute Gasteiger partial charge is 0.345 e. The Morgan fingerprint density at radius 3 is 2.21 bits per heavy atom. The molecule has 0 saturated heterocycles. The second-order valence-corrected chi connectivity index (χ2v) is 7.44. The van der Waals surface area contributed by atoms with E-state index >= 15 is 0 Å². The van der Waals surface area contributed by atoms with Gasteiger partial charge in [0.05, 0.1) is 19.8 Å². The molecule has 3 aromatic rings. The number of esters is 2. The minimum absolute atomic E-state index is 0.0364. The monoisotopic (exact) mass is 458 g/mol. The highest BCUT2D eigenvalue weighted by atomic mass is 16.6. The summed E-state index contributed by atoms with van der Waals surface area (Å²) in [5.41, 5.74) is 3.81. The van der Waals surface area contributed by atoms with Gasteiger partial charge in [-0.1, -0.05) is 36.4 Å². The van der Waals surface area contributed by atoms with Crippen LogP contribution in [0.15, 0.2) is 72.3 Å². The van der Waals surface area contributed by atoms with Crippen LogP contribution in [0.25, 0.3) is 22.4 Å². The third-order valence-electron chi connectivity index (χ3n) is 5.52. The molecule has 0 N–H and O–H groups in total. The van der Waals surface area contributed by atoms with Crippen molar-refractivity contribution in [2.24, 2.45) is 0 Å². The van der Waals surface area contributed by atoms with E-state index in [0.29, 0.717) is 33.5 Å². The molecule has 4 rings (SSSR count). The molecule has 0 aliphatic heterocycles. The van der Waals surface area contributed by atoms with Crippen LogP contribution in [0.3, 0.4) is 0 Å². The first-order valence-electron chi connectivity index (χ1n) is 10.4. The molecule has 172 valence electrons. The summed E-state index contributed by atoms with van der Waals surface area (Å²) >= 11 is 0. The average molecular weight is 458 g/mol. The van der Waals surface area contributed by atoms with E-state index in [-0.39, 0.29) is 11.3 Å². The zero-order chi connectivity index (χ0) is 24.4. The van der Waals surface area contributed by atoms with Gasteiger partial charge in [-0.15, -0.1) is 0 Å². The molecule has 0 spiro atoms. The van der Waals surface area contributed by atoms with Crippen LogP contribution in [-0.4, -0.2) is 38.4 Å². The predicted octanol–water partition coefficient (Wildman–Crippen LogP) is 2.25. The average Bonchev–Trinajstić information content (AvgIpc) is 3.20. The van der Waals surface area contributed by atoms with Gasteiger partial charge in [-0.2, -0.15) is 0 Å². The summed E-state index contributed by atoms with van der Waals surface area (Å²) in [7, 11) is 3.77. The Labute approximate surface area is 196 Å². The van der Waals surface area contributed by atoms with Crippen molar-refractivity contribution in [2.45, 2.75) is 6.92 Å². The SMILES string of the molecule is COC(=O)C(=C1/c2ccccc2-c2c(C(=O)OC)cccc21)/C(=C(\[O-])OC)[n+]1cccc(C)n1. The fraction of sp³-hybridized carbons (Fsp3) is 0.154. The summed E-state index contributed by atoms with van der Waals surface area (Å²) in [6.07, 6.45) is 1.55. The Bertz CT molecular complexity index is 1370. The molecule has 0 unspecified atom stereocenters. The highest BCUT2D eigenvalue weighted by Gasteiger charge is 2.37. The van der Waals surface area contributed by atoms with Crippen LogP contribution in [-0.2, 0) is 19.0 Å². The van der Waals surface area contributed by atoms with E-state index in [1.165, 1.54) is 26.0 Å². The molecule has 0 amide bonds. The number of rotatable bonds is 5. The molecule has 8 heteroatoms. The summed E-state index contributed by atoms with van der Waals surface area (Å²) in [5.74, 6) is -2.04. The van der Waals surface area contributed by atoms with Crippen LogP contribution < -0.4 is 9.79 Å². The normalized spacial score (nSPS) is 13.9. The first-order valence-corrected chi connectivity index (χ1v) is 10.4. The van der Waals surface area contributed by atoms with Crippen LogP contribution in [0.4, 0.5) is 0 Å². The maximum atomic E-state index is 13.3. The number of benzene rings is 2. The van der Waals surface area contributed by atoms with E-state index in [4.69, 9.17) is 14.2 Å². The highest BCUT2D eigenvalue weighted by Crippen LogP contribution is 2.48. The van der Waals surface area contributed by atoms with Gasteiger partial charge in [0.15, 0.2) is 0 Å². The van der Waals surface area contributed by atoms with Gasteiger partial charge in [-0.05, 0) is 47.5 Å². The van der Waals surface area contributed by atoms with Crippen molar-refractivity contribution in [1.29, 1.82) is 0 Å². The number of hydrogen-bond donors (Lipinski definition) is 0. The van der Waals surface area contributed by atoms with Gasteiger partial charge >= 0.3 is 11.9 Å². The maximum Gasteiger partial charge on any atom is 0.345 e. The van der Waals surface area contributed by atoms with Crippen molar-refractivity contribution >= 4 is 23.2 Å². The lowest BCUT2D eigenvalue weighted by Gasteiger charge is -2.16. The van der Waals surface area contributed by atoms with Gasteiger partial charge in [-0.25, -0.2) is 9.59 Å². The summed E-state index contributed by atoms with van der Waals surface area (Å²) in [6.45, 7) is 1.76. The van der Waals surface area contributed by atoms with E-state index in [1.807, 2.05) is 24.3 Å². The van der Waals surface area contributed by atoms with E-state index < -0.39 is 17.9 Å². The van der Waals surface area contributed by atoms with Crippen molar-refractivity contribution in [3.63, 3.8) is 0 Å². The summed E-state index contributed by atoms with van der Waals surface area (Å²) < 4.78 is 16.5. The van der Waals surface area contributed by atoms with Crippen molar-refractivity contribution in [1.82, 2.24) is 5.10 Å². The molecule has 0 fully saturated rings. The third-order valence-corrected chi connectivity index (χ3v) is 5.52. The number of nitrogens with zero attached hydrogens (tertiary/aromatic N) is 2. The van der Waals surface area contributed by atoms with Crippen molar-refractivity contribution < 1.29 is 33.6 Å². The fourth-order valence-corrected chi connectivity index (χ4v) is 4.12. The predicted molar refractivity (Wildman–Crippen MR) is 121 cm³/mol. The van der Waals surface area contributed by atoms with E-state index in [2.05, 4.69) is 5.10 Å². The Morgan fingerprint density at radius 1 is 0.853 bits per heavy atom. The van der Waals surface area contributed by atoms with Crippen LogP contribution in [0, 0.1) is 6.92 Å². The molecule has 1 aliphatic rings. The molecule has 2 aromatic carbocycles. The topological polar surface area (TPSA) is 102 Å². The lowest BCUT2D eigenvalue weighted by Crippen LogP contribution is -2.42. The lowest BCUT2D eigenvalue weighted by atomic mass is 9.95. The number of hydrogen-bond acceptors (Lipinski definition) is 7. The molecule has 0 saturated carbocycles. The molecule has 1 heterocycles. The molecule has 1 aliphatic carbocycles. The number of fused-ring (bicyclic) bond motifs is 3. The second-order valence-electron chi connectivity index (χ2n) is 7.44. The number of carbonyl (C=O) groups excluding carboxylic acids is 2. The van der Waals surface area contributed by atoms with E-state index in [9.17, 15) is 14.7 Å². The van der Waals surface area contributed by atoms with Crippen LogP contribution in [0.2, 0.25) is 0 Å². The first-order chi connectivity index (χ1) is 16.4. The van der Waals surface area contributed by atoms with Gasteiger partial charge in [0.25, 0.3) is 5.70 Å². The summed E-state index contributed by atoms with van der Waals surface area (Å²) in [5, 5.41) is 17.4. The van der Waals surface area contributed by atoms with Crippen molar-refractivity contribution in [3.8, 4) is 11.1 Å². The van der Waals surface area contributed by atoms with Crippen molar-refractivity contribution in [2.75, 3.05) is 21.3 Å². The van der Waals surface area contributed by atoms with Crippen molar-refractivity contribution in [3.05, 3.63) is 94.7 Å². The number of methoxy groups -OCH3 is 3. The standard InChI is InChI=1S/C26H22N2O6/c1-15-9-8-14-28(27-15)23(26(31)34-4)22(25(30)33-3)21-17-11-6-5-10-16(17)20-18(21)12-7-13-19(20)24(29)32-2/h5-14H,1-4H3. The quantitative estimate of drug-likeness (QED) is 0.196. The number of aryl methyl sites for hydroxylation is 1. The molecule has 8 nitrogen and oxygen atoms in total. The Kier molecular flexibility index (Phi) is 6.14. The van der Waals surface area contributed by atoms with E-state index in [1.54, 1.807) is 43.5 Å². The molecular weight excluding hydrogens is 436 g/mol. The number of ether oxygens (including phenoxy) is 3. The first kappa shape index (κ1) is 22.7. The lowest BCUT2D eigenvalue weighted by molar-refractivity contribution is -0.650. The van der Waals surface area contributed by atoms with Gasteiger partial charge < -0.3 is 19.3 Å². The molecule has 0 radical (unpaired) electrons. The fourth-order valence-electron chi connectivity index (χ4n) is 4.12. The van der Waals surface area contributed by atoms with Crippen LogP contribution >= 0.6 is 0 Å². The Morgan fingerprint density at radius 2 is 1.56 bits per heavy atom. The van der Waals surface area contributed by atoms with Crippen LogP contribution in [0.1, 0.15) is 27.2 Å². The zero-order valence-corrected chi connectivity index (χ0v) is 19.1. The second kappa shape index (κ2) is 9.19. The van der Waals surface area contributed by atoms with Gasteiger partial charge in [-0.3, -0.25) is 0 Å². The number of carbonyl (C=O) groups is 2. The maximum absolute atomic E-state index is 13.3. The molecule has 0 bridgehead atoms. The van der Waals surface area contributed by atoms with Crippen LogP contribution in [0.5, 0.6) is 0 Å². The Balaban J connectivity index is 2.18. The Hall–Kier alpha value is -4.46. The minimum Gasteiger partial charge on any atom is -0.612 e. The van der Waals surface area contributed by atoms with Gasteiger partial charge in [0.1, 0.15) is 17.2 Å². The van der Waals surface area contributed by atoms with Gasteiger partial charge in [0.2, 0.25) is 6.20 Å². The van der Waals surface area contributed by atoms with Gasteiger partial charge in [0, 0.05) is 22.3 Å². The number of aromatic nitrogens is 2. The summed E-state index contributed by atoms with van der Waals surface area (Å²) in [6, 6.07) is 15.9. The van der Waals surface area contributed by atoms with E-state index in [0.717, 1.165) is 5.56 Å². The molecular formula is C26H22N2O6. The molecule has 0 atom stereocenters. The zero-order valence-electron chi connectivity index (χ0n) is 19.1.